The van der Waals surface area contributed by atoms with Crippen molar-refractivity contribution in [3.05, 3.63) is 69.2 Å². The summed E-state index contributed by atoms with van der Waals surface area (Å²) in [7, 11) is 0. The standard InChI is InChI=1S/C20H23BrN2O2/c1-14-4-5-15(2)17(12-14)13-19(24)22-10-3-11-23-20(25)16-6-8-18(21)9-7-16/h4-9,12H,3,10-11,13H2,1-2H3,(H,22,24)(H,23,25). The molecule has 0 heterocycles. The molecule has 0 saturated heterocycles. The van der Waals surface area contributed by atoms with E-state index >= 15 is 0 Å². The molecular formula is C20H23BrN2O2. The molecule has 0 unspecified atom stereocenters. The normalized spacial score (nSPS) is 10.4. The minimum Gasteiger partial charge on any atom is -0.356 e. The summed E-state index contributed by atoms with van der Waals surface area (Å²) in [6, 6.07) is 13.3. The maximum atomic E-state index is 12.0. The first kappa shape index (κ1) is 19.2. The van der Waals surface area contributed by atoms with Crippen LogP contribution in [0, 0.1) is 13.8 Å². The Bertz CT molecular complexity index is 742. The Kier molecular flexibility index (Phi) is 7.19. The van der Waals surface area contributed by atoms with Crippen LogP contribution in [-0.2, 0) is 11.2 Å². The molecule has 0 fully saturated rings. The molecule has 0 radical (unpaired) electrons. The van der Waals surface area contributed by atoms with Crippen LogP contribution in [0.25, 0.3) is 0 Å². The Balaban J connectivity index is 1.67. The number of aryl methyl sites for hydroxylation is 2. The van der Waals surface area contributed by atoms with Crippen molar-refractivity contribution in [3.63, 3.8) is 0 Å². The van der Waals surface area contributed by atoms with E-state index < -0.39 is 0 Å². The SMILES string of the molecule is Cc1ccc(C)c(CC(=O)NCCCNC(=O)c2ccc(Br)cc2)c1. The fourth-order valence-electron chi connectivity index (χ4n) is 2.45. The van der Waals surface area contributed by atoms with E-state index in [-0.39, 0.29) is 11.8 Å². The summed E-state index contributed by atoms with van der Waals surface area (Å²) in [5, 5.41) is 5.76. The largest absolute Gasteiger partial charge is 0.356 e. The third-order valence-corrected chi connectivity index (χ3v) is 4.45. The van der Waals surface area contributed by atoms with Gasteiger partial charge in [0.1, 0.15) is 0 Å². The number of carbonyl (C=O) groups excluding carboxylic acids is 2. The molecule has 0 aromatic heterocycles. The van der Waals surface area contributed by atoms with Crippen LogP contribution in [0.1, 0.15) is 33.5 Å². The molecule has 2 aromatic carbocycles. The van der Waals surface area contributed by atoms with E-state index in [9.17, 15) is 9.59 Å². The van der Waals surface area contributed by atoms with Crippen molar-refractivity contribution in [1.82, 2.24) is 10.6 Å². The molecule has 2 N–H and O–H groups in total. The van der Waals surface area contributed by atoms with Crippen LogP contribution in [0.15, 0.2) is 46.9 Å². The molecule has 4 nitrogen and oxygen atoms in total. The lowest BCUT2D eigenvalue weighted by molar-refractivity contribution is -0.120. The maximum Gasteiger partial charge on any atom is 0.251 e. The monoisotopic (exact) mass is 402 g/mol. The van der Waals surface area contributed by atoms with Crippen LogP contribution in [-0.4, -0.2) is 24.9 Å². The van der Waals surface area contributed by atoms with Gasteiger partial charge < -0.3 is 10.6 Å². The molecule has 0 bridgehead atoms. The zero-order chi connectivity index (χ0) is 18.2. The van der Waals surface area contributed by atoms with E-state index in [0.29, 0.717) is 31.5 Å². The Morgan fingerprint density at radius 2 is 1.64 bits per heavy atom. The van der Waals surface area contributed by atoms with Crippen molar-refractivity contribution in [2.45, 2.75) is 26.7 Å². The summed E-state index contributed by atoms with van der Waals surface area (Å²) >= 11 is 3.34. The molecule has 0 spiro atoms. The van der Waals surface area contributed by atoms with E-state index in [1.54, 1.807) is 12.1 Å². The number of amides is 2. The molecule has 0 saturated carbocycles. The van der Waals surface area contributed by atoms with Crippen molar-refractivity contribution >= 4 is 27.7 Å². The summed E-state index contributed by atoms with van der Waals surface area (Å²) < 4.78 is 0.940. The smallest absolute Gasteiger partial charge is 0.251 e. The highest BCUT2D eigenvalue weighted by Crippen LogP contribution is 2.11. The third-order valence-electron chi connectivity index (χ3n) is 3.92. The van der Waals surface area contributed by atoms with Crippen LogP contribution in [0.5, 0.6) is 0 Å². The van der Waals surface area contributed by atoms with Crippen molar-refractivity contribution in [2.24, 2.45) is 0 Å². The minimum atomic E-state index is -0.103. The quantitative estimate of drug-likeness (QED) is 0.695. The molecule has 2 amide bonds. The zero-order valence-corrected chi connectivity index (χ0v) is 16.2. The lowest BCUT2D eigenvalue weighted by Gasteiger charge is -2.09. The van der Waals surface area contributed by atoms with Gasteiger partial charge in [0.15, 0.2) is 0 Å². The Morgan fingerprint density at radius 1 is 0.960 bits per heavy atom. The number of hydrogen-bond donors (Lipinski definition) is 2. The molecular weight excluding hydrogens is 380 g/mol. The molecule has 2 rings (SSSR count). The second-order valence-corrected chi connectivity index (χ2v) is 6.99. The molecule has 0 atom stereocenters. The highest BCUT2D eigenvalue weighted by Gasteiger charge is 2.07. The highest BCUT2D eigenvalue weighted by atomic mass is 79.9. The summed E-state index contributed by atoms with van der Waals surface area (Å²) in [6.07, 6.45) is 1.08. The Labute approximate surface area is 157 Å². The number of nitrogens with one attached hydrogen (secondary N) is 2. The molecule has 2 aromatic rings. The van der Waals surface area contributed by atoms with Gasteiger partial charge >= 0.3 is 0 Å². The molecule has 5 heteroatoms. The minimum absolute atomic E-state index is 0.00735. The maximum absolute atomic E-state index is 12.0. The lowest BCUT2D eigenvalue weighted by atomic mass is 10.0. The second-order valence-electron chi connectivity index (χ2n) is 6.07. The topological polar surface area (TPSA) is 58.2 Å². The lowest BCUT2D eigenvalue weighted by Crippen LogP contribution is -2.30. The van der Waals surface area contributed by atoms with Gasteiger partial charge in [-0.1, -0.05) is 39.7 Å². The van der Waals surface area contributed by atoms with E-state index in [0.717, 1.165) is 21.2 Å². The first-order chi connectivity index (χ1) is 12.0. The number of hydrogen-bond acceptors (Lipinski definition) is 2. The fourth-order valence-corrected chi connectivity index (χ4v) is 2.71. The van der Waals surface area contributed by atoms with Gasteiger partial charge in [0.2, 0.25) is 5.91 Å². The van der Waals surface area contributed by atoms with Gasteiger partial charge in [0, 0.05) is 23.1 Å². The van der Waals surface area contributed by atoms with E-state index in [1.165, 1.54) is 0 Å². The predicted molar refractivity (Wildman–Crippen MR) is 104 cm³/mol. The zero-order valence-electron chi connectivity index (χ0n) is 14.6. The van der Waals surface area contributed by atoms with Gasteiger partial charge in [-0.25, -0.2) is 0 Å². The summed E-state index contributed by atoms with van der Waals surface area (Å²) in [6.45, 7) is 5.11. The van der Waals surface area contributed by atoms with E-state index in [4.69, 9.17) is 0 Å². The average Bonchev–Trinajstić information content (AvgIpc) is 2.58. The van der Waals surface area contributed by atoms with Crippen LogP contribution in [0.2, 0.25) is 0 Å². The van der Waals surface area contributed by atoms with Crippen molar-refractivity contribution in [2.75, 3.05) is 13.1 Å². The highest BCUT2D eigenvalue weighted by molar-refractivity contribution is 9.10. The van der Waals surface area contributed by atoms with Crippen LogP contribution >= 0.6 is 15.9 Å². The third kappa shape index (κ3) is 6.35. The number of carbonyl (C=O) groups is 2. The first-order valence-corrected chi connectivity index (χ1v) is 9.11. The first-order valence-electron chi connectivity index (χ1n) is 8.32. The van der Waals surface area contributed by atoms with Crippen molar-refractivity contribution in [3.8, 4) is 0 Å². The number of benzene rings is 2. The Morgan fingerprint density at radius 3 is 2.36 bits per heavy atom. The van der Waals surface area contributed by atoms with Crippen LogP contribution in [0.4, 0.5) is 0 Å². The van der Waals surface area contributed by atoms with Gasteiger partial charge in [-0.15, -0.1) is 0 Å². The number of halogens is 1. The van der Waals surface area contributed by atoms with Crippen molar-refractivity contribution < 1.29 is 9.59 Å². The number of rotatable bonds is 7. The molecule has 0 aliphatic carbocycles. The van der Waals surface area contributed by atoms with E-state index in [1.807, 2.05) is 44.2 Å². The fraction of sp³-hybridized carbons (Fsp3) is 0.300. The van der Waals surface area contributed by atoms with Crippen molar-refractivity contribution in [1.29, 1.82) is 0 Å². The van der Waals surface area contributed by atoms with Gasteiger partial charge in [0.05, 0.1) is 6.42 Å². The predicted octanol–water partition coefficient (Wildman–Crippen LogP) is 3.54. The van der Waals surface area contributed by atoms with Gasteiger partial charge in [0.25, 0.3) is 5.91 Å². The van der Waals surface area contributed by atoms with Gasteiger partial charge in [-0.3, -0.25) is 9.59 Å². The van der Waals surface area contributed by atoms with Crippen LogP contribution in [0.3, 0.4) is 0 Å². The van der Waals surface area contributed by atoms with Gasteiger partial charge in [-0.05, 0) is 55.7 Å². The molecule has 0 aliphatic heterocycles. The Hall–Kier alpha value is -2.14. The summed E-state index contributed by atoms with van der Waals surface area (Å²) in [4.78, 5) is 24.0. The molecule has 0 aliphatic rings. The summed E-state index contributed by atoms with van der Waals surface area (Å²) in [5.41, 5.74) is 3.97. The molecule has 25 heavy (non-hydrogen) atoms. The molecule has 132 valence electrons. The second kappa shape index (κ2) is 9.37. The van der Waals surface area contributed by atoms with Crippen LogP contribution < -0.4 is 10.6 Å². The van der Waals surface area contributed by atoms with E-state index in [2.05, 4.69) is 26.6 Å². The summed E-state index contributed by atoms with van der Waals surface area (Å²) in [5.74, 6) is -0.0952. The average molecular weight is 403 g/mol. The van der Waals surface area contributed by atoms with Gasteiger partial charge in [-0.2, -0.15) is 0 Å².